The number of halogens is 1. The SMILES string of the molecule is Nc1cc(C(=O)CN2CCOCC2)ccc1F. The summed E-state index contributed by atoms with van der Waals surface area (Å²) < 4.78 is 18.2. The second-order valence-electron chi connectivity index (χ2n) is 4.05. The van der Waals surface area contributed by atoms with Crippen LogP contribution in [0.5, 0.6) is 0 Å². The molecule has 2 N–H and O–H groups in total. The lowest BCUT2D eigenvalue weighted by atomic mass is 10.1. The number of carbonyl (C=O) groups excluding carboxylic acids is 1. The summed E-state index contributed by atoms with van der Waals surface area (Å²) >= 11 is 0. The van der Waals surface area contributed by atoms with Crippen molar-refractivity contribution in [2.45, 2.75) is 0 Å². The number of ether oxygens (including phenoxy) is 1. The summed E-state index contributed by atoms with van der Waals surface area (Å²) in [6.45, 7) is 3.14. The molecule has 1 aromatic carbocycles. The number of hydrogen-bond donors (Lipinski definition) is 1. The zero-order chi connectivity index (χ0) is 12.3. The summed E-state index contributed by atoms with van der Waals surface area (Å²) in [5.74, 6) is -0.536. The molecule has 0 saturated carbocycles. The van der Waals surface area contributed by atoms with Crippen LogP contribution in [-0.4, -0.2) is 43.5 Å². The third kappa shape index (κ3) is 3.01. The number of nitrogens with two attached hydrogens (primary N) is 1. The van der Waals surface area contributed by atoms with Crippen LogP contribution in [0.3, 0.4) is 0 Å². The molecule has 1 saturated heterocycles. The Morgan fingerprint density at radius 3 is 2.76 bits per heavy atom. The number of anilines is 1. The number of hydrogen-bond acceptors (Lipinski definition) is 4. The Hall–Kier alpha value is -1.46. The van der Waals surface area contributed by atoms with E-state index in [0.29, 0.717) is 25.3 Å². The molecule has 0 radical (unpaired) electrons. The smallest absolute Gasteiger partial charge is 0.176 e. The fraction of sp³-hybridized carbons (Fsp3) is 0.417. The van der Waals surface area contributed by atoms with Gasteiger partial charge in [-0.2, -0.15) is 0 Å². The summed E-state index contributed by atoms with van der Waals surface area (Å²) in [4.78, 5) is 13.9. The molecule has 0 spiro atoms. The van der Waals surface area contributed by atoms with E-state index < -0.39 is 5.82 Å². The number of morpholine rings is 1. The molecule has 2 rings (SSSR count). The van der Waals surface area contributed by atoms with Gasteiger partial charge in [-0.3, -0.25) is 9.69 Å². The summed E-state index contributed by atoms with van der Waals surface area (Å²) in [5, 5.41) is 0. The highest BCUT2D eigenvalue weighted by molar-refractivity contribution is 5.98. The fourth-order valence-corrected chi connectivity index (χ4v) is 1.77. The van der Waals surface area contributed by atoms with Crippen LogP contribution < -0.4 is 5.73 Å². The van der Waals surface area contributed by atoms with Gasteiger partial charge in [-0.05, 0) is 18.2 Å². The molecule has 0 aromatic heterocycles. The highest BCUT2D eigenvalue weighted by Crippen LogP contribution is 2.13. The fourth-order valence-electron chi connectivity index (χ4n) is 1.77. The maximum atomic E-state index is 13.0. The van der Waals surface area contributed by atoms with Crippen molar-refractivity contribution in [1.29, 1.82) is 0 Å². The lowest BCUT2D eigenvalue weighted by molar-refractivity contribution is 0.0371. The predicted molar refractivity (Wildman–Crippen MR) is 62.4 cm³/mol. The highest BCUT2D eigenvalue weighted by Gasteiger charge is 2.15. The molecular weight excluding hydrogens is 223 g/mol. The number of rotatable bonds is 3. The lowest BCUT2D eigenvalue weighted by Crippen LogP contribution is -2.39. The van der Waals surface area contributed by atoms with Gasteiger partial charge in [-0.15, -0.1) is 0 Å². The molecule has 4 nitrogen and oxygen atoms in total. The zero-order valence-corrected chi connectivity index (χ0v) is 9.49. The molecule has 1 heterocycles. The largest absolute Gasteiger partial charge is 0.396 e. The Balaban J connectivity index is 2.01. The maximum Gasteiger partial charge on any atom is 0.176 e. The second-order valence-corrected chi connectivity index (χ2v) is 4.05. The van der Waals surface area contributed by atoms with Crippen LogP contribution in [0.4, 0.5) is 10.1 Å². The van der Waals surface area contributed by atoms with Crippen molar-refractivity contribution in [2.24, 2.45) is 0 Å². The Bertz CT molecular complexity index is 417. The minimum absolute atomic E-state index is 0.0119. The minimum Gasteiger partial charge on any atom is -0.396 e. The van der Waals surface area contributed by atoms with Crippen molar-refractivity contribution in [3.63, 3.8) is 0 Å². The van der Waals surface area contributed by atoms with Gasteiger partial charge in [0.05, 0.1) is 25.4 Å². The number of carbonyl (C=O) groups is 1. The van der Waals surface area contributed by atoms with Gasteiger partial charge in [0.15, 0.2) is 5.78 Å². The van der Waals surface area contributed by atoms with E-state index in [2.05, 4.69) is 0 Å². The molecule has 0 amide bonds. The second kappa shape index (κ2) is 5.25. The number of benzene rings is 1. The first-order chi connectivity index (χ1) is 8.16. The number of nitrogen functional groups attached to an aromatic ring is 1. The molecule has 0 bridgehead atoms. The molecule has 1 aliphatic heterocycles. The Labute approximate surface area is 99.2 Å². The van der Waals surface area contributed by atoms with E-state index in [1.807, 2.05) is 4.90 Å². The van der Waals surface area contributed by atoms with Crippen LogP contribution in [-0.2, 0) is 4.74 Å². The van der Waals surface area contributed by atoms with E-state index in [9.17, 15) is 9.18 Å². The first-order valence-corrected chi connectivity index (χ1v) is 5.55. The monoisotopic (exact) mass is 238 g/mol. The van der Waals surface area contributed by atoms with E-state index in [4.69, 9.17) is 10.5 Å². The molecule has 92 valence electrons. The Morgan fingerprint density at radius 2 is 2.12 bits per heavy atom. The van der Waals surface area contributed by atoms with E-state index in [1.165, 1.54) is 18.2 Å². The molecular formula is C12H15FN2O2. The van der Waals surface area contributed by atoms with Crippen molar-refractivity contribution < 1.29 is 13.9 Å². The Morgan fingerprint density at radius 1 is 1.41 bits per heavy atom. The summed E-state index contributed by atoms with van der Waals surface area (Å²) in [6.07, 6.45) is 0. The number of ketones is 1. The van der Waals surface area contributed by atoms with Crippen molar-refractivity contribution in [1.82, 2.24) is 4.90 Å². The van der Waals surface area contributed by atoms with Gasteiger partial charge in [-0.25, -0.2) is 4.39 Å². The number of Topliss-reactive ketones (excluding diaryl/α,β-unsaturated/α-hetero) is 1. The van der Waals surface area contributed by atoms with Gasteiger partial charge in [0.2, 0.25) is 0 Å². The van der Waals surface area contributed by atoms with Crippen LogP contribution in [0, 0.1) is 5.82 Å². The van der Waals surface area contributed by atoms with Crippen molar-refractivity contribution in [2.75, 3.05) is 38.6 Å². The molecule has 0 atom stereocenters. The first-order valence-electron chi connectivity index (χ1n) is 5.55. The molecule has 17 heavy (non-hydrogen) atoms. The lowest BCUT2D eigenvalue weighted by Gasteiger charge is -2.25. The van der Waals surface area contributed by atoms with Gasteiger partial charge in [0.1, 0.15) is 5.82 Å². The van der Waals surface area contributed by atoms with Crippen LogP contribution in [0.15, 0.2) is 18.2 Å². The van der Waals surface area contributed by atoms with Gasteiger partial charge < -0.3 is 10.5 Å². The molecule has 0 aliphatic carbocycles. The predicted octanol–water partition coefficient (Wildman–Crippen LogP) is 0.923. The standard InChI is InChI=1S/C12H15FN2O2/c13-10-2-1-9(7-11(10)14)12(16)8-15-3-5-17-6-4-15/h1-2,7H,3-6,8,14H2. The van der Waals surface area contributed by atoms with Gasteiger partial charge in [0.25, 0.3) is 0 Å². The van der Waals surface area contributed by atoms with Crippen molar-refractivity contribution >= 4 is 11.5 Å². The van der Waals surface area contributed by atoms with Crippen LogP contribution in [0.2, 0.25) is 0 Å². The van der Waals surface area contributed by atoms with Gasteiger partial charge >= 0.3 is 0 Å². The van der Waals surface area contributed by atoms with Gasteiger partial charge in [0, 0.05) is 18.7 Å². The highest BCUT2D eigenvalue weighted by atomic mass is 19.1. The third-order valence-corrected chi connectivity index (χ3v) is 2.79. The normalized spacial score (nSPS) is 17.0. The van der Waals surface area contributed by atoms with Crippen LogP contribution in [0.25, 0.3) is 0 Å². The summed E-state index contributed by atoms with van der Waals surface area (Å²) in [6, 6.07) is 4.08. The third-order valence-electron chi connectivity index (χ3n) is 2.79. The topological polar surface area (TPSA) is 55.6 Å². The van der Waals surface area contributed by atoms with E-state index in [-0.39, 0.29) is 11.5 Å². The quantitative estimate of drug-likeness (QED) is 0.628. The first kappa shape index (κ1) is 12.0. The van der Waals surface area contributed by atoms with Crippen LogP contribution in [0.1, 0.15) is 10.4 Å². The summed E-state index contributed by atoms with van der Waals surface area (Å²) in [7, 11) is 0. The minimum atomic E-state index is -0.493. The molecule has 1 fully saturated rings. The molecule has 5 heteroatoms. The molecule has 1 aliphatic rings. The van der Waals surface area contributed by atoms with Crippen molar-refractivity contribution in [3.8, 4) is 0 Å². The number of nitrogens with zero attached hydrogens (tertiary/aromatic N) is 1. The molecule has 0 unspecified atom stereocenters. The van der Waals surface area contributed by atoms with Crippen LogP contribution >= 0.6 is 0 Å². The average Bonchev–Trinajstić information content (AvgIpc) is 2.34. The Kier molecular flexibility index (Phi) is 3.71. The van der Waals surface area contributed by atoms with Crippen molar-refractivity contribution in [3.05, 3.63) is 29.6 Å². The van der Waals surface area contributed by atoms with Gasteiger partial charge in [-0.1, -0.05) is 0 Å². The summed E-state index contributed by atoms with van der Waals surface area (Å²) in [5.41, 5.74) is 5.90. The molecule has 1 aromatic rings. The van der Waals surface area contributed by atoms with E-state index in [0.717, 1.165) is 13.1 Å². The van der Waals surface area contributed by atoms with E-state index >= 15 is 0 Å². The van der Waals surface area contributed by atoms with E-state index in [1.54, 1.807) is 0 Å². The zero-order valence-electron chi connectivity index (χ0n) is 9.49. The maximum absolute atomic E-state index is 13.0. The average molecular weight is 238 g/mol.